The summed E-state index contributed by atoms with van der Waals surface area (Å²) in [7, 11) is 0. The first-order valence-corrected chi connectivity index (χ1v) is 2.58. The molecule has 0 aromatic heterocycles. The van der Waals surface area contributed by atoms with E-state index in [4.69, 9.17) is 11.8 Å². The second kappa shape index (κ2) is 4.15. The van der Waals surface area contributed by atoms with Crippen LogP contribution in [0, 0.1) is 23.8 Å². The lowest BCUT2D eigenvalue weighted by atomic mass is 10.1. The van der Waals surface area contributed by atoms with E-state index in [0.29, 0.717) is 6.54 Å². The Morgan fingerprint density at radius 2 is 2.50 bits per heavy atom. The minimum atomic E-state index is -0.0486. The summed E-state index contributed by atoms with van der Waals surface area (Å²) in [6.07, 6.45) is 0.791. The Balaban J connectivity index is 3.45. The molecule has 0 aliphatic carbocycles. The van der Waals surface area contributed by atoms with Crippen molar-refractivity contribution in [3.63, 3.8) is 0 Å². The van der Waals surface area contributed by atoms with Crippen LogP contribution >= 0.6 is 0 Å². The van der Waals surface area contributed by atoms with Crippen LogP contribution < -0.4 is 0 Å². The zero-order valence-electron chi connectivity index (χ0n) is 4.89. The van der Waals surface area contributed by atoms with E-state index in [1.54, 1.807) is 0 Å². The van der Waals surface area contributed by atoms with Crippen LogP contribution in [0.4, 0.5) is 0 Å². The maximum absolute atomic E-state index is 8.26. The third-order valence-corrected chi connectivity index (χ3v) is 0.987. The standard InChI is InChI=1S/C6H8N2/c1-3-6(4-7)5-8-2/h6H,3,5H2,1H3. The lowest BCUT2D eigenvalue weighted by molar-refractivity contribution is 0.692. The van der Waals surface area contributed by atoms with Gasteiger partial charge in [0.1, 0.15) is 5.92 Å². The molecule has 0 aromatic rings. The van der Waals surface area contributed by atoms with E-state index < -0.39 is 0 Å². The van der Waals surface area contributed by atoms with Gasteiger partial charge in [0.05, 0.1) is 6.07 Å². The number of rotatable bonds is 2. The van der Waals surface area contributed by atoms with Gasteiger partial charge in [-0.15, -0.1) is 0 Å². The van der Waals surface area contributed by atoms with Crippen molar-refractivity contribution in [1.82, 2.24) is 0 Å². The number of hydrogen-bond donors (Lipinski definition) is 0. The molecule has 0 aromatic carbocycles. The second-order valence-corrected chi connectivity index (χ2v) is 1.57. The summed E-state index contributed by atoms with van der Waals surface area (Å²) in [5.74, 6) is -0.0486. The van der Waals surface area contributed by atoms with Crippen molar-refractivity contribution in [3.8, 4) is 6.07 Å². The summed E-state index contributed by atoms with van der Waals surface area (Å²) in [6, 6.07) is 2.04. The molecule has 1 unspecified atom stereocenters. The topological polar surface area (TPSA) is 28.1 Å². The van der Waals surface area contributed by atoms with Gasteiger partial charge in [-0.05, 0) is 6.42 Å². The minimum absolute atomic E-state index is 0.0486. The molecule has 0 fully saturated rings. The smallest absolute Gasteiger partial charge is 0.230 e. The maximum Gasteiger partial charge on any atom is 0.230 e. The van der Waals surface area contributed by atoms with Gasteiger partial charge in [-0.1, -0.05) is 6.92 Å². The highest BCUT2D eigenvalue weighted by atomic mass is 14.6. The van der Waals surface area contributed by atoms with E-state index in [1.165, 1.54) is 0 Å². The van der Waals surface area contributed by atoms with Gasteiger partial charge in [0.2, 0.25) is 6.54 Å². The fourth-order valence-corrected chi connectivity index (χ4v) is 0.371. The van der Waals surface area contributed by atoms with E-state index in [1.807, 2.05) is 13.0 Å². The number of nitriles is 1. The van der Waals surface area contributed by atoms with Crippen LogP contribution in [-0.2, 0) is 0 Å². The van der Waals surface area contributed by atoms with Gasteiger partial charge in [-0.3, -0.25) is 0 Å². The zero-order chi connectivity index (χ0) is 6.41. The fraction of sp³-hybridized carbons (Fsp3) is 0.667. The largest absolute Gasteiger partial charge is 0.315 e. The Labute approximate surface area is 49.6 Å². The van der Waals surface area contributed by atoms with Crippen molar-refractivity contribution in [2.24, 2.45) is 5.92 Å². The molecule has 42 valence electrons. The fourth-order valence-electron chi connectivity index (χ4n) is 0.371. The molecule has 0 saturated heterocycles. The SMILES string of the molecule is [C-]#[N+]CC(C#N)CC. The summed E-state index contributed by atoms with van der Waals surface area (Å²) in [5.41, 5.74) is 0. The highest BCUT2D eigenvalue weighted by Gasteiger charge is 2.04. The van der Waals surface area contributed by atoms with E-state index in [0.717, 1.165) is 6.42 Å². The lowest BCUT2D eigenvalue weighted by Crippen LogP contribution is -1.96. The molecule has 1 atom stereocenters. The quantitative estimate of drug-likeness (QED) is 0.492. The van der Waals surface area contributed by atoms with E-state index in [2.05, 4.69) is 4.85 Å². The molecule has 0 N–H and O–H groups in total. The summed E-state index contributed by atoms with van der Waals surface area (Å²) in [6.45, 7) is 8.68. The zero-order valence-corrected chi connectivity index (χ0v) is 4.89. The summed E-state index contributed by atoms with van der Waals surface area (Å²) < 4.78 is 0. The van der Waals surface area contributed by atoms with Crippen LogP contribution in [0.1, 0.15) is 13.3 Å². The predicted octanol–water partition coefficient (Wildman–Crippen LogP) is 1.46. The summed E-state index contributed by atoms with van der Waals surface area (Å²) in [4.78, 5) is 3.11. The second-order valence-electron chi connectivity index (χ2n) is 1.57. The summed E-state index contributed by atoms with van der Waals surface area (Å²) in [5, 5.41) is 8.26. The lowest BCUT2D eigenvalue weighted by Gasteiger charge is -1.90. The highest BCUT2D eigenvalue weighted by molar-refractivity contribution is 4.86. The molecule has 2 nitrogen and oxygen atoms in total. The van der Waals surface area contributed by atoms with Crippen molar-refractivity contribution in [1.29, 1.82) is 5.26 Å². The Morgan fingerprint density at radius 1 is 1.88 bits per heavy atom. The Bertz CT molecular complexity index is 126. The highest BCUT2D eigenvalue weighted by Crippen LogP contribution is 1.98. The van der Waals surface area contributed by atoms with Crippen molar-refractivity contribution < 1.29 is 0 Å². The first-order chi connectivity index (χ1) is 3.85. The molecule has 2 heteroatoms. The van der Waals surface area contributed by atoms with Gasteiger partial charge >= 0.3 is 0 Å². The predicted molar refractivity (Wildman–Crippen MR) is 30.9 cm³/mol. The van der Waals surface area contributed by atoms with E-state index >= 15 is 0 Å². The molecule has 0 spiro atoms. The molecular formula is C6H8N2. The minimum Gasteiger partial charge on any atom is -0.315 e. The van der Waals surface area contributed by atoms with Crippen molar-refractivity contribution in [3.05, 3.63) is 11.4 Å². The molecule has 0 heterocycles. The van der Waals surface area contributed by atoms with E-state index in [-0.39, 0.29) is 5.92 Å². The molecule has 0 aliphatic rings. The van der Waals surface area contributed by atoms with Crippen molar-refractivity contribution in [2.45, 2.75) is 13.3 Å². The van der Waals surface area contributed by atoms with Crippen LogP contribution in [-0.4, -0.2) is 6.54 Å². The van der Waals surface area contributed by atoms with Crippen LogP contribution in [0.5, 0.6) is 0 Å². The average Bonchev–Trinajstić information content (AvgIpc) is 1.83. The van der Waals surface area contributed by atoms with E-state index in [9.17, 15) is 0 Å². The summed E-state index contributed by atoms with van der Waals surface area (Å²) >= 11 is 0. The third-order valence-electron chi connectivity index (χ3n) is 0.987. The molecule has 0 radical (unpaired) electrons. The van der Waals surface area contributed by atoms with Crippen LogP contribution in [0.15, 0.2) is 0 Å². The first kappa shape index (κ1) is 6.98. The first-order valence-electron chi connectivity index (χ1n) is 2.58. The van der Waals surface area contributed by atoms with Gasteiger partial charge in [0.15, 0.2) is 0 Å². The Morgan fingerprint density at radius 3 is 2.62 bits per heavy atom. The van der Waals surface area contributed by atoms with Crippen LogP contribution in [0.3, 0.4) is 0 Å². The Hall–Kier alpha value is -1.02. The molecule has 0 aliphatic heterocycles. The normalized spacial score (nSPS) is 11.4. The maximum atomic E-state index is 8.26. The van der Waals surface area contributed by atoms with Gasteiger partial charge in [0, 0.05) is 0 Å². The van der Waals surface area contributed by atoms with Crippen molar-refractivity contribution >= 4 is 0 Å². The Kier molecular flexibility index (Phi) is 3.62. The van der Waals surface area contributed by atoms with Gasteiger partial charge in [-0.25, -0.2) is 6.57 Å². The molecular weight excluding hydrogens is 100 g/mol. The molecule has 8 heavy (non-hydrogen) atoms. The molecule has 0 saturated carbocycles. The number of hydrogen-bond acceptors (Lipinski definition) is 1. The molecule has 0 rings (SSSR count). The van der Waals surface area contributed by atoms with Gasteiger partial charge < -0.3 is 4.85 Å². The van der Waals surface area contributed by atoms with Gasteiger partial charge in [0.25, 0.3) is 0 Å². The number of nitrogens with zero attached hydrogens (tertiary/aromatic N) is 2. The third kappa shape index (κ3) is 2.21. The average molecular weight is 108 g/mol. The molecule has 0 amide bonds. The monoisotopic (exact) mass is 108 g/mol. The van der Waals surface area contributed by atoms with Crippen LogP contribution in [0.25, 0.3) is 4.85 Å². The van der Waals surface area contributed by atoms with Crippen LogP contribution in [0.2, 0.25) is 0 Å². The molecule has 0 bridgehead atoms. The van der Waals surface area contributed by atoms with Gasteiger partial charge in [-0.2, -0.15) is 5.26 Å². The van der Waals surface area contributed by atoms with Crippen molar-refractivity contribution in [2.75, 3.05) is 6.54 Å².